The fourth-order valence-corrected chi connectivity index (χ4v) is 2.76. The lowest BCUT2D eigenvalue weighted by Gasteiger charge is -1.97. The molecule has 0 bridgehead atoms. The number of nitrogens with zero attached hydrogens (tertiary/aromatic N) is 2. The Bertz CT molecular complexity index is 700. The first-order valence-electron chi connectivity index (χ1n) is 6.23. The highest BCUT2D eigenvalue weighted by molar-refractivity contribution is 7.10. The molecule has 98 valence electrons. The van der Waals surface area contributed by atoms with E-state index in [4.69, 9.17) is 5.73 Å². The smallest absolute Gasteiger partial charge is 0.158 e. The zero-order valence-corrected chi connectivity index (χ0v) is 12.0. The monoisotopic (exact) mass is 272 g/mol. The van der Waals surface area contributed by atoms with Crippen LogP contribution >= 0.6 is 11.3 Å². The van der Waals surface area contributed by atoms with Gasteiger partial charge in [0.1, 0.15) is 10.7 Å². The first-order chi connectivity index (χ1) is 9.04. The third-order valence-corrected chi connectivity index (χ3v) is 4.30. The maximum Gasteiger partial charge on any atom is 0.158 e. The molecule has 2 heterocycles. The van der Waals surface area contributed by atoms with Crippen LogP contribution in [0.15, 0.2) is 17.5 Å². The summed E-state index contributed by atoms with van der Waals surface area (Å²) in [5.41, 5.74) is 11.2. The molecule has 0 spiro atoms. The van der Waals surface area contributed by atoms with Crippen molar-refractivity contribution in [2.75, 3.05) is 0 Å². The van der Waals surface area contributed by atoms with Crippen molar-refractivity contribution in [2.24, 2.45) is 5.73 Å². The van der Waals surface area contributed by atoms with Crippen molar-refractivity contribution in [2.45, 2.75) is 26.8 Å². The number of imidazole rings is 1. The van der Waals surface area contributed by atoms with Gasteiger partial charge in [-0.25, -0.2) is 9.97 Å². The predicted molar refractivity (Wildman–Crippen MR) is 79.3 cm³/mol. The molecule has 3 N–H and O–H groups in total. The van der Waals surface area contributed by atoms with Crippen LogP contribution in [0.5, 0.6) is 0 Å². The summed E-state index contributed by atoms with van der Waals surface area (Å²) in [5.74, 6) is 0.808. The molecule has 0 saturated carbocycles. The van der Waals surface area contributed by atoms with Gasteiger partial charge in [0.15, 0.2) is 5.82 Å². The SMILES string of the molecule is Cc1cc2nc(-c3csc(C(C)N)n3)[nH]c2cc1C. The minimum atomic E-state index is -0.0346. The van der Waals surface area contributed by atoms with Crippen LogP contribution in [-0.2, 0) is 0 Å². The van der Waals surface area contributed by atoms with E-state index in [1.165, 1.54) is 11.1 Å². The standard InChI is InChI=1S/C14H16N4S/c1-7-4-10-11(5-8(7)2)17-13(16-10)12-6-19-14(18-12)9(3)15/h4-6,9H,15H2,1-3H3,(H,16,17). The van der Waals surface area contributed by atoms with E-state index in [1.807, 2.05) is 12.3 Å². The van der Waals surface area contributed by atoms with Gasteiger partial charge in [-0.05, 0) is 44.0 Å². The van der Waals surface area contributed by atoms with Crippen LogP contribution in [0.1, 0.15) is 29.1 Å². The van der Waals surface area contributed by atoms with Crippen molar-refractivity contribution < 1.29 is 0 Å². The lowest BCUT2D eigenvalue weighted by atomic mass is 10.1. The Balaban J connectivity index is 2.09. The van der Waals surface area contributed by atoms with E-state index in [9.17, 15) is 0 Å². The normalized spacial score (nSPS) is 13.1. The average Bonchev–Trinajstić information content (AvgIpc) is 2.95. The molecule has 1 aromatic carbocycles. The fourth-order valence-electron chi connectivity index (χ4n) is 2.00. The maximum absolute atomic E-state index is 5.84. The van der Waals surface area contributed by atoms with Gasteiger partial charge in [0.05, 0.1) is 17.1 Å². The van der Waals surface area contributed by atoms with Gasteiger partial charge in [-0.2, -0.15) is 0 Å². The van der Waals surface area contributed by atoms with Crippen molar-refractivity contribution in [3.8, 4) is 11.5 Å². The molecule has 0 radical (unpaired) electrons. The van der Waals surface area contributed by atoms with Crippen molar-refractivity contribution >= 4 is 22.4 Å². The average molecular weight is 272 g/mol. The molecule has 4 nitrogen and oxygen atoms in total. The summed E-state index contributed by atoms with van der Waals surface area (Å²) in [6.45, 7) is 6.14. The summed E-state index contributed by atoms with van der Waals surface area (Å²) < 4.78 is 0. The molecular formula is C14H16N4S. The highest BCUT2D eigenvalue weighted by Gasteiger charge is 2.11. The van der Waals surface area contributed by atoms with Gasteiger partial charge < -0.3 is 10.7 Å². The molecule has 0 amide bonds. The van der Waals surface area contributed by atoms with E-state index in [0.717, 1.165) is 27.6 Å². The lowest BCUT2D eigenvalue weighted by molar-refractivity contribution is 0.807. The Labute approximate surface area is 115 Å². The number of fused-ring (bicyclic) bond motifs is 1. The summed E-state index contributed by atoms with van der Waals surface area (Å²) >= 11 is 1.57. The zero-order valence-electron chi connectivity index (χ0n) is 11.2. The second-order valence-electron chi connectivity index (χ2n) is 4.90. The minimum absolute atomic E-state index is 0.0346. The molecule has 0 aliphatic carbocycles. The van der Waals surface area contributed by atoms with Gasteiger partial charge in [0.2, 0.25) is 0 Å². The number of hydrogen-bond acceptors (Lipinski definition) is 4. The number of thiazole rings is 1. The highest BCUT2D eigenvalue weighted by Crippen LogP contribution is 2.25. The molecule has 5 heteroatoms. The van der Waals surface area contributed by atoms with Gasteiger partial charge in [-0.1, -0.05) is 0 Å². The molecule has 3 aromatic rings. The summed E-state index contributed by atoms with van der Waals surface area (Å²) in [4.78, 5) is 12.4. The number of H-pyrrole nitrogens is 1. The third kappa shape index (κ3) is 2.15. The number of nitrogens with two attached hydrogens (primary N) is 1. The zero-order chi connectivity index (χ0) is 13.6. The molecular weight excluding hydrogens is 256 g/mol. The summed E-state index contributed by atoms with van der Waals surface area (Å²) in [6, 6.07) is 4.19. The highest BCUT2D eigenvalue weighted by atomic mass is 32.1. The number of aryl methyl sites for hydroxylation is 2. The first kappa shape index (κ1) is 12.3. The fraction of sp³-hybridized carbons (Fsp3) is 0.286. The molecule has 19 heavy (non-hydrogen) atoms. The molecule has 3 rings (SSSR count). The van der Waals surface area contributed by atoms with Gasteiger partial charge in [-0.15, -0.1) is 11.3 Å². The molecule has 0 fully saturated rings. The molecule has 1 unspecified atom stereocenters. The molecule has 0 aliphatic rings. The van der Waals surface area contributed by atoms with Crippen LogP contribution in [0, 0.1) is 13.8 Å². The van der Waals surface area contributed by atoms with Crippen LogP contribution in [0.3, 0.4) is 0 Å². The first-order valence-corrected chi connectivity index (χ1v) is 7.11. The predicted octanol–water partition coefficient (Wildman–Crippen LogP) is 3.32. The number of aromatic amines is 1. The summed E-state index contributed by atoms with van der Waals surface area (Å²) in [6.07, 6.45) is 0. The second-order valence-corrected chi connectivity index (χ2v) is 5.79. The van der Waals surface area contributed by atoms with E-state index in [2.05, 4.69) is 40.9 Å². The lowest BCUT2D eigenvalue weighted by Crippen LogP contribution is -2.03. The van der Waals surface area contributed by atoms with Crippen molar-refractivity contribution in [1.29, 1.82) is 0 Å². The Hall–Kier alpha value is -1.72. The molecule has 0 saturated heterocycles. The van der Waals surface area contributed by atoms with E-state index in [0.29, 0.717) is 0 Å². The molecule has 1 atom stereocenters. The van der Waals surface area contributed by atoms with Crippen molar-refractivity contribution in [1.82, 2.24) is 15.0 Å². The Morgan fingerprint density at radius 2 is 1.95 bits per heavy atom. The molecule has 2 aromatic heterocycles. The topological polar surface area (TPSA) is 67.6 Å². The van der Waals surface area contributed by atoms with Crippen LogP contribution < -0.4 is 5.73 Å². The third-order valence-electron chi connectivity index (χ3n) is 3.25. The number of hydrogen-bond donors (Lipinski definition) is 2. The quantitative estimate of drug-likeness (QED) is 0.752. The van der Waals surface area contributed by atoms with Crippen LogP contribution in [0.4, 0.5) is 0 Å². The Morgan fingerprint density at radius 1 is 1.21 bits per heavy atom. The number of benzene rings is 1. The van der Waals surface area contributed by atoms with Crippen molar-refractivity contribution in [3.05, 3.63) is 33.6 Å². The Kier molecular flexibility index (Phi) is 2.88. The largest absolute Gasteiger partial charge is 0.337 e. The minimum Gasteiger partial charge on any atom is -0.337 e. The van der Waals surface area contributed by atoms with E-state index >= 15 is 0 Å². The van der Waals surface area contributed by atoms with E-state index in [1.54, 1.807) is 11.3 Å². The summed E-state index contributed by atoms with van der Waals surface area (Å²) in [7, 11) is 0. The van der Waals surface area contributed by atoms with Gasteiger partial charge in [0, 0.05) is 5.38 Å². The van der Waals surface area contributed by atoms with E-state index < -0.39 is 0 Å². The van der Waals surface area contributed by atoms with Gasteiger partial charge in [0.25, 0.3) is 0 Å². The van der Waals surface area contributed by atoms with Gasteiger partial charge >= 0.3 is 0 Å². The van der Waals surface area contributed by atoms with Crippen LogP contribution in [0.25, 0.3) is 22.6 Å². The maximum atomic E-state index is 5.84. The number of rotatable bonds is 2. The van der Waals surface area contributed by atoms with Crippen LogP contribution in [0.2, 0.25) is 0 Å². The number of aromatic nitrogens is 3. The van der Waals surface area contributed by atoms with Gasteiger partial charge in [-0.3, -0.25) is 0 Å². The van der Waals surface area contributed by atoms with Crippen LogP contribution in [-0.4, -0.2) is 15.0 Å². The summed E-state index contributed by atoms with van der Waals surface area (Å²) in [5, 5.41) is 2.93. The number of nitrogens with one attached hydrogen (secondary N) is 1. The second kappa shape index (κ2) is 4.43. The molecule has 0 aliphatic heterocycles. The van der Waals surface area contributed by atoms with Crippen molar-refractivity contribution in [3.63, 3.8) is 0 Å². The van der Waals surface area contributed by atoms with E-state index in [-0.39, 0.29) is 6.04 Å². The Morgan fingerprint density at radius 3 is 2.63 bits per heavy atom.